The van der Waals surface area contributed by atoms with E-state index in [9.17, 15) is 43.8 Å². The van der Waals surface area contributed by atoms with Gasteiger partial charge in [0.05, 0.1) is 26.4 Å². The fourth-order valence-electron chi connectivity index (χ4n) is 5.50. The normalized spacial score (nSPS) is 16.0. The second-order valence-electron chi connectivity index (χ2n) is 15.9. The van der Waals surface area contributed by atoms with Gasteiger partial charge < -0.3 is 34.6 Å². The maximum atomic E-state index is 12.2. The molecule has 15 nitrogen and oxygen atoms in total. The van der Waals surface area contributed by atoms with Gasteiger partial charge in [0, 0.05) is 12.8 Å². The lowest BCUT2D eigenvalue weighted by Gasteiger charge is -2.19. The molecule has 0 bridgehead atoms. The van der Waals surface area contributed by atoms with E-state index in [1.165, 1.54) is 0 Å². The zero-order chi connectivity index (χ0) is 51.7. The smallest absolute Gasteiger partial charge is 0.463 e. The molecule has 70 heavy (non-hydrogen) atoms. The van der Waals surface area contributed by atoms with Crippen molar-refractivity contribution in [3.63, 3.8) is 0 Å². The van der Waals surface area contributed by atoms with Crippen LogP contribution in [0.4, 0.5) is 0 Å². The summed E-state index contributed by atoms with van der Waals surface area (Å²) in [5, 5.41) is 30.1. The summed E-state index contributed by atoms with van der Waals surface area (Å²) >= 11 is 0. The molecule has 396 valence electrons. The number of allylic oxidation sites excluding steroid dienone is 22. The molecule has 5 unspecified atom stereocenters. The molecule has 0 aromatic carbocycles. The second kappa shape index (κ2) is 47.5. The van der Waals surface area contributed by atoms with Gasteiger partial charge in [-0.15, -0.1) is 0 Å². The van der Waals surface area contributed by atoms with Gasteiger partial charge in [-0.25, -0.2) is 9.13 Å². The highest BCUT2D eigenvalue weighted by Crippen LogP contribution is 2.45. The number of aliphatic hydroxyl groups is 3. The first-order valence-corrected chi connectivity index (χ1v) is 27.6. The lowest BCUT2D eigenvalue weighted by molar-refractivity contribution is -0.148. The molecule has 0 radical (unpaired) electrons. The Morgan fingerprint density at radius 3 is 1.10 bits per heavy atom. The van der Waals surface area contributed by atoms with Crippen LogP contribution in [0.25, 0.3) is 0 Å². The highest BCUT2D eigenvalue weighted by Gasteiger charge is 2.28. The Morgan fingerprint density at radius 1 is 0.386 bits per heavy atom. The molecule has 0 heterocycles. The van der Waals surface area contributed by atoms with Gasteiger partial charge in [0.1, 0.15) is 31.5 Å². The van der Waals surface area contributed by atoms with Crippen molar-refractivity contribution in [3.05, 3.63) is 134 Å². The maximum Gasteiger partial charge on any atom is 0.472 e. The number of carbonyl (C=O) groups is 2. The van der Waals surface area contributed by atoms with Crippen LogP contribution in [0.3, 0.4) is 0 Å². The lowest BCUT2D eigenvalue weighted by atomic mass is 10.1. The Kier molecular flexibility index (Phi) is 44.9. The number of aliphatic hydroxyl groups excluding tert-OH is 3. The largest absolute Gasteiger partial charge is 0.472 e. The number of ether oxygens (including phenoxy) is 2. The molecule has 0 aromatic heterocycles. The molecule has 0 aliphatic carbocycles. The molecule has 0 saturated heterocycles. The summed E-state index contributed by atoms with van der Waals surface area (Å²) in [4.78, 5) is 43.8. The topological polar surface area (TPSA) is 225 Å². The fraction of sp³-hybridized carbons (Fsp3) is 0.547. The average Bonchev–Trinajstić information content (AvgIpc) is 3.34. The van der Waals surface area contributed by atoms with E-state index in [2.05, 4.69) is 98.8 Å². The molecule has 0 saturated carbocycles. The van der Waals surface area contributed by atoms with Crippen molar-refractivity contribution in [2.24, 2.45) is 0 Å². The summed E-state index contributed by atoms with van der Waals surface area (Å²) in [5.41, 5.74) is 0. The molecule has 0 fully saturated rings. The minimum atomic E-state index is -4.81. The van der Waals surface area contributed by atoms with Crippen LogP contribution in [0.2, 0.25) is 0 Å². The zero-order valence-corrected chi connectivity index (χ0v) is 43.4. The number of esters is 2. The molecule has 0 aromatic rings. The van der Waals surface area contributed by atoms with Crippen molar-refractivity contribution in [2.45, 2.75) is 148 Å². The highest BCUT2D eigenvalue weighted by atomic mass is 31.2. The van der Waals surface area contributed by atoms with Crippen LogP contribution in [-0.2, 0) is 46.3 Å². The predicted molar refractivity (Wildman–Crippen MR) is 278 cm³/mol. The fourth-order valence-corrected chi connectivity index (χ4v) is 7.09. The van der Waals surface area contributed by atoms with Gasteiger partial charge in [-0.1, -0.05) is 173 Å². The third-order valence-electron chi connectivity index (χ3n) is 9.26. The van der Waals surface area contributed by atoms with Crippen molar-refractivity contribution in [1.82, 2.24) is 0 Å². The summed E-state index contributed by atoms with van der Waals surface area (Å²) in [6, 6.07) is 0. The van der Waals surface area contributed by atoms with Crippen LogP contribution in [0, 0.1) is 0 Å². The van der Waals surface area contributed by atoms with Gasteiger partial charge in [-0.2, -0.15) is 0 Å². The van der Waals surface area contributed by atoms with Crippen molar-refractivity contribution in [2.75, 3.05) is 39.6 Å². The summed E-state index contributed by atoms with van der Waals surface area (Å²) in [6.07, 6.45) is 55.7. The van der Waals surface area contributed by atoms with Crippen LogP contribution in [-0.4, -0.2) is 95.0 Å². The van der Waals surface area contributed by atoms with Crippen molar-refractivity contribution < 1.29 is 71.4 Å². The molecule has 0 aliphatic heterocycles. The Hall–Kier alpha value is -3.82. The van der Waals surface area contributed by atoms with Gasteiger partial charge in [0.15, 0.2) is 0 Å². The Balaban J connectivity index is 3.98. The molecule has 17 heteroatoms. The Bertz CT molecular complexity index is 1760. The lowest BCUT2D eigenvalue weighted by Crippen LogP contribution is -2.25. The number of phosphoric acid groups is 2. The van der Waals surface area contributed by atoms with Crippen molar-refractivity contribution >= 4 is 27.6 Å². The first kappa shape index (κ1) is 66.2. The first-order valence-electron chi connectivity index (χ1n) is 24.6. The third-order valence-corrected chi connectivity index (χ3v) is 11.2. The molecule has 5 atom stereocenters. The summed E-state index contributed by atoms with van der Waals surface area (Å²) in [5.74, 6) is -1.07. The zero-order valence-electron chi connectivity index (χ0n) is 41.6. The van der Waals surface area contributed by atoms with E-state index in [0.29, 0.717) is 12.8 Å². The predicted octanol–water partition coefficient (Wildman–Crippen LogP) is 11.6. The standard InChI is InChI=1S/C53H84O15P2/c1-3-5-7-9-11-13-15-17-19-21-22-23-24-26-28-30-32-34-36-38-40-42-53(58)64-44-50(55)46-66-70(61,62)68-48-51(56)47-67-69(59,60)65-45-49(54)43-63-52(57)41-39-37-35-33-31-29-27-25-20-18-16-14-12-10-8-6-4-2/h5-8,10-14,16-20,22-23,25-29,31,49-51,54-56H,3-4,9,15,21,24,30,32-48H2,1-2H3,(H,59,60)(H,61,62)/b7-5-,8-6-,12-10+,13-11-,16-14+,19-17-,20-18-,23-22-,27-25+,28-26-,31-29+. The molecular formula is C53H84O15P2. The number of hydrogen-bond acceptors (Lipinski definition) is 13. The van der Waals surface area contributed by atoms with Gasteiger partial charge >= 0.3 is 27.6 Å². The highest BCUT2D eigenvalue weighted by molar-refractivity contribution is 7.47. The molecule has 0 aliphatic rings. The minimum absolute atomic E-state index is 0.137. The van der Waals surface area contributed by atoms with Crippen LogP contribution < -0.4 is 0 Å². The van der Waals surface area contributed by atoms with Gasteiger partial charge in [0.25, 0.3) is 0 Å². The molecule has 0 spiro atoms. The third kappa shape index (κ3) is 49.2. The molecule has 5 N–H and O–H groups in total. The first-order chi connectivity index (χ1) is 33.8. The maximum absolute atomic E-state index is 12.2. The van der Waals surface area contributed by atoms with Gasteiger partial charge in [0.2, 0.25) is 0 Å². The molecular weight excluding hydrogens is 939 g/mol. The number of unbranched alkanes of at least 4 members (excludes halogenated alkanes) is 8. The molecule has 0 rings (SSSR count). The van der Waals surface area contributed by atoms with E-state index < -0.39 is 85.5 Å². The number of phosphoric ester groups is 2. The Labute approximate surface area is 418 Å². The van der Waals surface area contributed by atoms with Gasteiger partial charge in [-0.3, -0.25) is 27.7 Å². The Morgan fingerprint density at radius 2 is 0.686 bits per heavy atom. The van der Waals surface area contributed by atoms with Crippen molar-refractivity contribution in [1.29, 1.82) is 0 Å². The monoisotopic (exact) mass is 1020 g/mol. The summed E-state index contributed by atoms with van der Waals surface area (Å²) in [7, 11) is -9.61. The minimum Gasteiger partial charge on any atom is -0.463 e. The summed E-state index contributed by atoms with van der Waals surface area (Å²) < 4.78 is 53.0. The van der Waals surface area contributed by atoms with Gasteiger partial charge in [-0.05, 0) is 77.0 Å². The van der Waals surface area contributed by atoms with E-state index in [1.54, 1.807) is 0 Å². The SMILES string of the molecule is CC\C=C/C=C/C=C/C=C\C=C\C=C\CCCCCC(=O)OCC(O)COP(=O)(O)OCC(O)COP(=O)(O)OCC(O)COC(=O)CCCCCCC/C=C\C/C=C\C/C=C\C/C=C\C/C=C\CC. The average molecular weight is 1020 g/mol. The van der Waals surface area contributed by atoms with Crippen LogP contribution in [0.15, 0.2) is 134 Å². The van der Waals surface area contributed by atoms with Crippen LogP contribution >= 0.6 is 15.6 Å². The number of hydrogen-bond donors (Lipinski definition) is 5. The van der Waals surface area contributed by atoms with Crippen molar-refractivity contribution in [3.8, 4) is 0 Å². The quantitative estimate of drug-likeness (QED) is 0.0126. The molecule has 0 amide bonds. The van der Waals surface area contributed by atoms with Crippen LogP contribution in [0.5, 0.6) is 0 Å². The van der Waals surface area contributed by atoms with Crippen LogP contribution in [0.1, 0.15) is 129 Å². The summed E-state index contributed by atoms with van der Waals surface area (Å²) in [6.45, 7) is 0.0412. The van der Waals surface area contributed by atoms with E-state index in [-0.39, 0.29) is 12.8 Å². The second-order valence-corrected chi connectivity index (χ2v) is 18.8. The number of rotatable bonds is 45. The van der Waals surface area contributed by atoms with E-state index in [4.69, 9.17) is 9.47 Å². The van der Waals surface area contributed by atoms with E-state index in [0.717, 1.165) is 89.9 Å². The van der Waals surface area contributed by atoms with E-state index >= 15 is 0 Å². The number of carbonyl (C=O) groups excluding carboxylic acids is 2. The van der Waals surface area contributed by atoms with E-state index in [1.807, 2.05) is 66.8 Å².